The molecule has 0 saturated carbocycles. The Balaban J connectivity index is 2.32. The number of rotatable bonds is 2. The van der Waals surface area contributed by atoms with E-state index in [-0.39, 0.29) is 12.5 Å². The van der Waals surface area contributed by atoms with Gasteiger partial charge in [0.15, 0.2) is 0 Å². The monoisotopic (exact) mass is 244 g/mol. The molecule has 5 heteroatoms. The molecule has 0 aliphatic carbocycles. The largest absolute Gasteiger partial charge is 0.395 e. The lowest BCUT2D eigenvalue weighted by Crippen LogP contribution is -2.35. The predicted molar refractivity (Wildman–Crippen MR) is 60.9 cm³/mol. The normalized spacial score (nSPS) is 24.0. The zero-order chi connectivity index (χ0) is 12.5. The van der Waals surface area contributed by atoms with Crippen LogP contribution in [0.3, 0.4) is 0 Å². The van der Waals surface area contributed by atoms with E-state index in [9.17, 15) is 13.2 Å². The second-order valence-corrected chi connectivity index (χ2v) is 4.34. The Hall–Kier alpha value is -1.23. The highest BCUT2D eigenvalue weighted by Crippen LogP contribution is 2.44. The molecule has 3 N–H and O–H groups in total. The number of nitrogens with one attached hydrogen (secondary N) is 1. The third-order valence-electron chi connectivity index (χ3n) is 3.13. The summed E-state index contributed by atoms with van der Waals surface area (Å²) in [6.45, 7) is 0.393. The van der Waals surface area contributed by atoms with Crippen LogP contribution in [0.2, 0.25) is 0 Å². The first-order valence-corrected chi connectivity index (χ1v) is 5.64. The highest BCUT2D eigenvalue weighted by Gasteiger charge is 2.44. The number of fused-ring (bicyclic) bond motifs is 1. The summed E-state index contributed by atoms with van der Waals surface area (Å²) in [5.74, 6) is -1.38. The molecular formula is C12H15F3N2. The van der Waals surface area contributed by atoms with E-state index in [0.29, 0.717) is 24.2 Å². The summed E-state index contributed by atoms with van der Waals surface area (Å²) < 4.78 is 38.9. The molecule has 0 aromatic heterocycles. The van der Waals surface area contributed by atoms with Gasteiger partial charge in [-0.15, -0.1) is 0 Å². The van der Waals surface area contributed by atoms with Crippen molar-refractivity contribution in [3.8, 4) is 0 Å². The summed E-state index contributed by atoms with van der Waals surface area (Å²) >= 11 is 0. The Morgan fingerprint density at radius 3 is 2.65 bits per heavy atom. The standard InChI is InChI=1S/C12H15F3N2/c13-12(14,15)10-7-8(5-6-16)17-11-4-2-1-3-9(10)11/h1-4,8,10,17H,5-7,16H2. The van der Waals surface area contributed by atoms with Gasteiger partial charge < -0.3 is 11.1 Å². The lowest BCUT2D eigenvalue weighted by Gasteiger charge is -2.34. The fraction of sp³-hybridized carbons (Fsp3) is 0.500. The molecule has 1 aromatic carbocycles. The molecular weight excluding hydrogens is 229 g/mol. The van der Waals surface area contributed by atoms with Crippen LogP contribution in [0.25, 0.3) is 0 Å². The second kappa shape index (κ2) is 4.56. The topological polar surface area (TPSA) is 38.0 Å². The van der Waals surface area contributed by atoms with Crippen LogP contribution < -0.4 is 11.1 Å². The molecule has 2 nitrogen and oxygen atoms in total. The van der Waals surface area contributed by atoms with Crippen molar-refractivity contribution in [2.45, 2.75) is 31.0 Å². The van der Waals surface area contributed by atoms with Crippen molar-refractivity contribution >= 4 is 5.69 Å². The fourth-order valence-corrected chi connectivity index (χ4v) is 2.32. The van der Waals surface area contributed by atoms with E-state index >= 15 is 0 Å². The van der Waals surface area contributed by atoms with Crippen molar-refractivity contribution in [2.24, 2.45) is 5.73 Å². The second-order valence-electron chi connectivity index (χ2n) is 4.34. The summed E-state index contributed by atoms with van der Waals surface area (Å²) in [4.78, 5) is 0. The molecule has 2 rings (SSSR count). The average Bonchev–Trinajstić information content (AvgIpc) is 2.27. The molecule has 2 unspecified atom stereocenters. The van der Waals surface area contributed by atoms with Crippen LogP contribution in [0.5, 0.6) is 0 Å². The van der Waals surface area contributed by atoms with E-state index in [2.05, 4.69) is 5.32 Å². The quantitative estimate of drug-likeness (QED) is 0.839. The van der Waals surface area contributed by atoms with Crippen LogP contribution in [0.4, 0.5) is 18.9 Å². The number of halogens is 3. The number of benzene rings is 1. The fourth-order valence-electron chi connectivity index (χ4n) is 2.32. The predicted octanol–water partition coefficient (Wildman–Crippen LogP) is 2.87. The molecule has 1 aromatic rings. The summed E-state index contributed by atoms with van der Waals surface area (Å²) in [6, 6.07) is 6.42. The SMILES string of the molecule is NCCC1CC(C(F)(F)F)c2ccccc2N1. The van der Waals surface area contributed by atoms with E-state index in [1.807, 2.05) is 0 Å². The highest BCUT2D eigenvalue weighted by molar-refractivity contribution is 5.56. The van der Waals surface area contributed by atoms with E-state index in [1.165, 1.54) is 0 Å². The Bertz CT molecular complexity index is 390. The number of hydrogen-bond acceptors (Lipinski definition) is 2. The number of nitrogens with two attached hydrogens (primary N) is 1. The summed E-state index contributed by atoms with van der Waals surface area (Å²) in [6.07, 6.45) is -3.57. The molecule has 1 heterocycles. The number of anilines is 1. The summed E-state index contributed by atoms with van der Waals surface area (Å²) in [7, 11) is 0. The van der Waals surface area contributed by atoms with Gasteiger partial charge in [0.1, 0.15) is 0 Å². The van der Waals surface area contributed by atoms with Gasteiger partial charge in [-0.25, -0.2) is 0 Å². The molecule has 1 aliphatic heterocycles. The Morgan fingerprint density at radius 2 is 2.00 bits per heavy atom. The summed E-state index contributed by atoms with van der Waals surface area (Å²) in [5.41, 5.74) is 6.34. The molecule has 0 radical (unpaired) electrons. The molecule has 0 saturated heterocycles. The van der Waals surface area contributed by atoms with Crippen LogP contribution in [-0.2, 0) is 0 Å². The van der Waals surface area contributed by atoms with Crippen molar-refractivity contribution in [1.82, 2.24) is 0 Å². The maximum absolute atomic E-state index is 13.0. The molecule has 0 spiro atoms. The molecule has 17 heavy (non-hydrogen) atoms. The minimum absolute atomic E-state index is 0.0672. The van der Waals surface area contributed by atoms with Crippen molar-refractivity contribution in [3.05, 3.63) is 29.8 Å². The van der Waals surface area contributed by atoms with Crippen molar-refractivity contribution < 1.29 is 13.2 Å². The molecule has 2 atom stereocenters. The number of hydrogen-bond donors (Lipinski definition) is 2. The molecule has 1 aliphatic rings. The van der Waals surface area contributed by atoms with E-state index in [0.717, 1.165) is 0 Å². The van der Waals surface area contributed by atoms with Gasteiger partial charge in [0.2, 0.25) is 0 Å². The van der Waals surface area contributed by atoms with Crippen LogP contribution in [0.1, 0.15) is 24.3 Å². The minimum Gasteiger partial charge on any atom is -0.382 e. The van der Waals surface area contributed by atoms with E-state index < -0.39 is 12.1 Å². The zero-order valence-corrected chi connectivity index (χ0v) is 9.30. The first-order valence-electron chi connectivity index (χ1n) is 5.64. The van der Waals surface area contributed by atoms with Crippen LogP contribution >= 0.6 is 0 Å². The van der Waals surface area contributed by atoms with E-state index in [1.54, 1.807) is 24.3 Å². The maximum Gasteiger partial charge on any atom is 0.395 e. The lowest BCUT2D eigenvalue weighted by molar-refractivity contribution is -0.153. The van der Waals surface area contributed by atoms with Crippen molar-refractivity contribution in [1.29, 1.82) is 0 Å². The van der Waals surface area contributed by atoms with Gasteiger partial charge in [-0.05, 0) is 31.0 Å². The van der Waals surface area contributed by atoms with Gasteiger partial charge in [0.05, 0.1) is 5.92 Å². The van der Waals surface area contributed by atoms with Crippen molar-refractivity contribution in [2.75, 3.05) is 11.9 Å². The van der Waals surface area contributed by atoms with Gasteiger partial charge >= 0.3 is 6.18 Å². The highest BCUT2D eigenvalue weighted by atomic mass is 19.4. The summed E-state index contributed by atoms with van der Waals surface area (Å²) in [5, 5.41) is 3.12. The lowest BCUT2D eigenvalue weighted by atomic mass is 9.85. The third kappa shape index (κ3) is 2.54. The molecule has 0 amide bonds. The Morgan fingerprint density at radius 1 is 1.29 bits per heavy atom. The Labute approximate surface area is 98.0 Å². The van der Waals surface area contributed by atoms with Crippen LogP contribution in [0.15, 0.2) is 24.3 Å². The number of para-hydroxylation sites is 1. The molecule has 0 fully saturated rings. The third-order valence-corrected chi connectivity index (χ3v) is 3.13. The number of alkyl halides is 3. The average molecular weight is 244 g/mol. The molecule has 0 bridgehead atoms. The van der Waals surface area contributed by atoms with Crippen LogP contribution in [-0.4, -0.2) is 18.8 Å². The molecule has 94 valence electrons. The first kappa shape index (κ1) is 12.2. The van der Waals surface area contributed by atoms with Gasteiger partial charge in [0, 0.05) is 11.7 Å². The van der Waals surface area contributed by atoms with Gasteiger partial charge in [-0.1, -0.05) is 18.2 Å². The van der Waals surface area contributed by atoms with Crippen molar-refractivity contribution in [3.63, 3.8) is 0 Å². The maximum atomic E-state index is 13.0. The zero-order valence-electron chi connectivity index (χ0n) is 9.30. The first-order chi connectivity index (χ1) is 8.02. The Kier molecular flexibility index (Phi) is 3.28. The van der Waals surface area contributed by atoms with Crippen LogP contribution in [0, 0.1) is 0 Å². The van der Waals surface area contributed by atoms with Gasteiger partial charge in [-0.3, -0.25) is 0 Å². The smallest absolute Gasteiger partial charge is 0.382 e. The van der Waals surface area contributed by atoms with Gasteiger partial charge in [-0.2, -0.15) is 13.2 Å². The van der Waals surface area contributed by atoms with E-state index in [4.69, 9.17) is 5.73 Å². The minimum atomic E-state index is -4.19. The van der Waals surface area contributed by atoms with Gasteiger partial charge in [0.25, 0.3) is 0 Å².